The van der Waals surface area contributed by atoms with E-state index in [1.54, 1.807) is 6.07 Å². The van der Waals surface area contributed by atoms with Gasteiger partial charge in [-0.3, -0.25) is 9.59 Å². The van der Waals surface area contributed by atoms with E-state index in [9.17, 15) is 9.59 Å². The third kappa shape index (κ3) is 7.11. The number of nitrogens with zero attached hydrogens (tertiary/aromatic N) is 3. The van der Waals surface area contributed by atoms with Crippen molar-refractivity contribution in [2.75, 3.05) is 30.3 Å². The monoisotopic (exact) mass is 461 g/mol. The summed E-state index contributed by atoms with van der Waals surface area (Å²) in [5.41, 5.74) is 0.884. The standard InChI is InChI=1S/C22H28ClN5O2S/c1-2-11-24-22(30)17-7-5-12-28(14-17)19-9-10-21(27-26-19)31-15-20(29)25-13-16-6-3-4-8-18(16)23/h3-4,6,8-10,17H,2,5,7,11-15H2,1H3,(H,24,30)(H,25,29)/t17-/m1/s1. The van der Waals surface area contributed by atoms with Gasteiger partial charge in [-0.05, 0) is 43.0 Å². The van der Waals surface area contributed by atoms with Gasteiger partial charge in [-0.1, -0.05) is 48.5 Å². The third-order valence-corrected chi connectivity index (χ3v) is 6.37. The Hall–Kier alpha value is -2.32. The Bertz CT molecular complexity index is 880. The molecule has 1 fully saturated rings. The number of halogens is 1. The maximum atomic E-state index is 12.3. The van der Waals surface area contributed by atoms with Crippen LogP contribution in [0.3, 0.4) is 0 Å². The highest BCUT2D eigenvalue weighted by molar-refractivity contribution is 7.99. The molecule has 2 amide bonds. The second-order valence-electron chi connectivity index (χ2n) is 7.46. The zero-order valence-electron chi connectivity index (χ0n) is 17.6. The predicted molar refractivity (Wildman–Crippen MR) is 124 cm³/mol. The van der Waals surface area contributed by atoms with Crippen LogP contribution in [0.5, 0.6) is 0 Å². The van der Waals surface area contributed by atoms with E-state index in [0.29, 0.717) is 29.7 Å². The van der Waals surface area contributed by atoms with Gasteiger partial charge in [-0.2, -0.15) is 0 Å². The lowest BCUT2D eigenvalue weighted by Gasteiger charge is -2.32. The number of aromatic nitrogens is 2. The fraction of sp³-hybridized carbons (Fsp3) is 0.455. The Morgan fingerprint density at radius 1 is 1.19 bits per heavy atom. The van der Waals surface area contributed by atoms with Crippen molar-refractivity contribution in [3.63, 3.8) is 0 Å². The van der Waals surface area contributed by atoms with Crippen molar-refractivity contribution in [1.82, 2.24) is 20.8 Å². The molecule has 0 spiro atoms. The van der Waals surface area contributed by atoms with E-state index >= 15 is 0 Å². The van der Waals surface area contributed by atoms with E-state index in [1.807, 2.05) is 37.3 Å². The first kappa shape index (κ1) is 23.3. The average molecular weight is 462 g/mol. The SMILES string of the molecule is CCCNC(=O)[C@@H]1CCCN(c2ccc(SCC(=O)NCc3ccccc3Cl)nn2)C1. The van der Waals surface area contributed by atoms with Crippen LogP contribution < -0.4 is 15.5 Å². The molecule has 166 valence electrons. The van der Waals surface area contributed by atoms with Gasteiger partial charge in [0.2, 0.25) is 11.8 Å². The summed E-state index contributed by atoms with van der Waals surface area (Å²) in [5, 5.41) is 15.7. The van der Waals surface area contributed by atoms with Crippen LogP contribution in [-0.2, 0) is 16.1 Å². The third-order valence-electron chi connectivity index (χ3n) is 5.08. The molecule has 31 heavy (non-hydrogen) atoms. The van der Waals surface area contributed by atoms with E-state index in [1.165, 1.54) is 11.8 Å². The summed E-state index contributed by atoms with van der Waals surface area (Å²) < 4.78 is 0. The molecule has 1 aromatic carbocycles. The second-order valence-corrected chi connectivity index (χ2v) is 8.87. The van der Waals surface area contributed by atoms with Gasteiger partial charge in [0.1, 0.15) is 5.03 Å². The number of amides is 2. The van der Waals surface area contributed by atoms with Crippen LogP contribution in [0.25, 0.3) is 0 Å². The molecule has 7 nitrogen and oxygen atoms in total. The summed E-state index contributed by atoms with van der Waals surface area (Å²) in [7, 11) is 0. The van der Waals surface area contributed by atoms with E-state index < -0.39 is 0 Å². The quantitative estimate of drug-likeness (QED) is 0.557. The van der Waals surface area contributed by atoms with Crippen LogP contribution in [0.2, 0.25) is 5.02 Å². The minimum Gasteiger partial charge on any atom is -0.356 e. The number of hydrogen-bond acceptors (Lipinski definition) is 6. The topological polar surface area (TPSA) is 87.2 Å². The van der Waals surface area contributed by atoms with Gasteiger partial charge in [0, 0.05) is 31.2 Å². The van der Waals surface area contributed by atoms with Crippen LogP contribution in [0, 0.1) is 5.92 Å². The van der Waals surface area contributed by atoms with Crippen LogP contribution in [-0.4, -0.2) is 47.4 Å². The van der Waals surface area contributed by atoms with Crippen LogP contribution in [0.15, 0.2) is 41.4 Å². The number of carbonyl (C=O) groups excluding carboxylic acids is 2. The van der Waals surface area contributed by atoms with Gasteiger partial charge in [0.05, 0.1) is 11.7 Å². The number of rotatable bonds is 9. The normalized spacial score (nSPS) is 16.1. The first-order chi connectivity index (χ1) is 15.1. The average Bonchev–Trinajstić information content (AvgIpc) is 2.81. The molecule has 0 unspecified atom stereocenters. The number of piperidine rings is 1. The molecule has 1 saturated heterocycles. The number of hydrogen-bond donors (Lipinski definition) is 2. The summed E-state index contributed by atoms with van der Waals surface area (Å²) >= 11 is 7.44. The van der Waals surface area contributed by atoms with Crippen molar-refractivity contribution in [3.05, 3.63) is 47.0 Å². The van der Waals surface area contributed by atoms with E-state index in [0.717, 1.165) is 37.2 Å². The van der Waals surface area contributed by atoms with Gasteiger partial charge in [0.15, 0.2) is 5.82 Å². The summed E-state index contributed by atoms with van der Waals surface area (Å²) in [6, 6.07) is 11.2. The van der Waals surface area contributed by atoms with Crippen LogP contribution in [0.4, 0.5) is 5.82 Å². The Morgan fingerprint density at radius 3 is 2.77 bits per heavy atom. The summed E-state index contributed by atoms with van der Waals surface area (Å²) in [4.78, 5) is 26.5. The van der Waals surface area contributed by atoms with Crippen LogP contribution in [0.1, 0.15) is 31.7 Å². The van der Waals surface area contributed by atoms with Crippen molar-refractivity contribution < 1.29 is 9.59 Å². The molecule has 1 atom stereocenters. The van der Waals surface area contributed by atoms with Gasteiger partial charge in [-0.25, -0.2) is 0 Å². The molecule has 2 N–H and O–H groups in total. The number of thioether (sulfide) groups is 1. The molecule has 9 heteroatoms. The molecular weight excluding hydrogens is 434 g/mol. The summed E-state index contributed by atoms with van der Waals surface area (Å²) in [5.74, 6) is 1.03. The highest BCUT2D eigenvalue weighted by Gasteiger charge is 2.26. The lowest BCUT2D eigenvalue weighted by atomic mass is 9.97. The number of carbonyl (C=O) groups is 2. The largest absolute Gasteiger partial charge is 0.356 e. The zero-order valence-corrected chi connectivity index (χ0v) is 19.2. The molecular formula is C22H28ClN5O2S. The fourth-order valence-corrected chi connectivity index (χ4v) is 4.22. The number of anilines is 1. The second kappa shape index (κ2) is 11.9. The lowest BCUT2D eigenvalue weighted by Crippen LogP contribution is -2.43. The zero-order chi connectivity index (χ0) is 22.1. The first-order valence-corrected chi connectivity index (χ1v) is 11.9. The molecule has 0 aliphatic carbocycles. The van der Waals surface area contributed by atoms with E-state index in [4.69, 9.17) is 11.6 Å². The highest BCUT2D eigenvalue weighted by Crippen LogP contribution is 2.23. The maximum absolute atomic E-state index is 12.3. The van der Waals surface area contributed by atoms with E-state index in [2.05, 4.69) is 25.7 Å². The van der Waals surface area contributed by atoms with Crippen LogP contribution >= 0.6 is 23.4 Å². The van der Waals surface area contributed by atoms with Gasteiger partial charge >= 0.3 is 0 Å². The van der Waals surface area contributed by atoms with Gasteiger partial charge < -0.3 is 15.5 Å². The Morgan fingerprint density at radius 2 is 2.03 bits per heavy atom. The molecule has 2 aromatic rings. The van der Waals surface area contributed by atoms with Crippen molar-refractivity contribution in [1.29, 1.82) is 0 Å². The van der Waals surface area contributed by atoms with Crippen molar-refractivity contribution in [2.24, 2.45) is 5.92 Å². The molecule has 3 rings (SSSR count). The Kier molecular flexibility index (Phi) is 8.97. The van der Waals surface area contributed by atoms with Crippen molar-refractivity contribution in [2.45, 2.75) is 37.8 Å². The Labute approximate surface area is 192 Å². The van der Waals surface area contributed by atoms with Crippen molar-refractivity contribution >= 4 is 41.0 Å². The summed E-state index contributed by atoms with van der Waals surface area (Å²) in [6.45, 7) is 4.67. The minimum absolute atomic E-state index is 0.0158. The summed E-state index contributed by atoms with van der Waals surface area (Å²) in [6.07, 6.45) is 2.79. The fourth-order valence-electron chi connectivity index (χ4n) is 3.38. The molecule has 2 heterocycles. The van der Waals surface area contributed by atoms with Crippen molar-refractivity contribution in [3.8, 4) is 0 Å². The molecule has 0 radical (unpaired) electrons. The number of benzene rings is 1. The van der Waals surface area contributed by atoms with Gasteiger partial charge in [-0.15, -0.1) is 10.2 Å². The molecule has 1 aliphatic rings. The molecule has 1 aliphatic heterocycles. The Balaban J connectivity index is 1.46. The number of nitrogens with one attached hydrogen (secondary N) is 2. The minimum atomic E-state index is -0.0900. The molecule has 1 aromatic heterocycles. The molecule has 0 bridgehead atoms. The highest BCUT2D eigenvalue weighted by atomic mass is 35.5. The molecule has 0 saturated carbocycles. The first-order valence-electron chi connectivity index (χ1n) is 10.6. The smallest absolute Gasteiger partial charge is 0.230 e. The maximum Gasteiger partial charge on any atom is 0.230 e. The predicted octanol–water partition coefficient (Wildman–Crippen LogP) is 3.28. The van der Waals surface area contributed by atoms with E-state index in [-0.39, 0.29) is 23.5 Å². The lowest BCUT2D eigenvalue weighted by molar-refractivity contribution is -0.125. The van der Waals surface area contributed by atoms with Gasteiger partial charge in [0.25, 0.3) is 0 Å².